The topological polar surface area (TPSA) is 61.4 Å². The molecule has 0 aromatic heterocycles. The van der Waals surface area contributed by atoms with Gasteiger partial charge in [0.05, 0.1) is 0 Å². The van der Waals surface area contributed by atoms with Gasteiger partial charge in [-0.1, -0.05) is 0 Å². The van der Waals surface area contributed by atoms with Gasteiger partial charge in [0.25, 0.3) is 10.2 Å². The zero-order chi connectivity index (χ0) is 12.6. The SMILES string of the molecule is O=S(=O)(NC1CC1)N1CCCC(C2CCCN2)C1. The summed E-state index contributed by atoms with van der Waals surface area (Å²) in [6, 6.07) is 0.740. The van der Waals surface area contributed by atoms with E-state index < -0.39 is 10.2 Å². The van der Waals surface area contributed by atoms with Crippen LogP contribution in [0, 0.1) is 5.92 Å². The minimum Gasteiger partial charge on any atom is -0.314 e. The first kappa shape index (κ1) is 12.8. The maximum absolute atomic E-state index is 12.2. The molecule has 0 radical (unpaired) electrons. The minimum absolute atomic E-state index is 0.208. The maximum atomic E-state index is 12.2. The van der Waals surface area contributed by atoms with Crippen molar-refractivity contribution < 1.29 is 8.42 Å². The molecule has 2 atom stereocenters. The summed E-state index contributed by atoms with van der Waals surface area (Å²) >= 11 is 0. The van der Waals surface area contributed by atoms with Crippen molar-refractivity contribution in [1.29, 1.82) is 0 Å². The Labute approximate surface area is 109 Å². The molecule has 1 saturated carbocycles. The second-order valence-corrected chi connectivity index (χ2v) is 7.56. The van der Waals surface area contributed by atoms with E-state index in [0.717, 1.165) is 32.2 Å². The lowest BCUT2D eigenvalue weighted by Gasteiger charge is -2.35. The molecule has 0 bridgehead atoms. The number of nitrogens with zero attached hydrogens (tertiary/aromatic N) is 1. The van der Waals surface area contributed by atoms with Gasteiger partial charge in [0.2, 0.25) is 0 Å². The molecule has 1 aliphatic carbocycles. The Morgan fingerprint density at radius 3 is 2.61 bits per heavy atom. The molecule has 0 spiro atoms. The molecule has 3 aliphatic rings. The number of hydrogen-bond donors (Lipinski definition) is 2. The highest BCUT2D eigenvalue weighted by Gasteiger charge is 2.36. The molecule has 2 N–H and O–H groups in total. The molecule has 6 heteroatoms. The lowest BCUT2D eigenvalue weighted by molar-refractivity contribution is 0.224. The van der Waals surface area contributed by atoms with Crippen LogP contribution in [0.2, 0.25) is 0 Å². The molecule has 2 saturated heterocycles. The van der Waals surface area contributed by atoms with E-state index in [4.69, 9.17) is 0 Å². The average molecular weight is 273 g/mol. The summed E-state index contributed by atoms with van der Waals surface area (Å²) in [5, 5.41) is 3.51. The normalized spacial score (nSPS) is 34.9. The third-order valence-electron chi connectivity index (χ3n) is 4.32. The van der Waals surface area contributed by atoms with Crippen molar-refractivity contribution >= 4 is 10.2 Å². The zero-order valence-electron chi connectivity index (χ0n) is 10.8. The summed E-state index contributed by atoms with van der Waals surface area (Å²) in [6.07, 6.45) is 6.59. The molecule has 5 nitrogen and oxygen atoms in total. The van der Waals surface area contributed by atoms with Crippen molar-refractivity contribution in [1.82, 2.24) is 14.3 Å². The van der Waals surface area contributed by atoms with E-state index in [1.54, 1.807) is 4.31 Å². The second kappa shape index (κ2) is 5.07. The smallest absolute Gasteiger partial charge is 0.279 e. The highest BCUT2D eigenvalue weighted by molar-refractivity contribution is 7.87. The van der Waals surface area contributed by atoms with Crippen molar-refractivity contribution in [2.24, 2.45) is 5.92 Å². The number of rotatable bonds is 4. The molecule has 2 heterocycles. The van der Waals surface area contributed by atoms with E-state index in [2.05, 4.69) is 10.0 Å². The molecule has 0 amide bonds. The molecule has 104 valence electrons. The first-order valence-corrected chi connectivity index (χ1v) is 8.60. The molecule has 3 fully saturated rings. The third-order valence-corrected chi connectivity index (χ3v) is 5.96. The predicted octanol–water partition coefficient (Wildman–Crippen LogP) is 0.447. The van der Waals surface area contributed by atoms with Crippen molar-refractivity contribution in [2.45, 2.75) is 50.6 Å². The Bertz CT molecular complexity index is 388. The highest BCUT2D eigenvalue weighted by atomic mass is 32.2. The van der Waals surface area contributed by atoms with Crippen molar-refractivity contribution in [3.8, 4) is 0 Å². The summed E-state index contributed by atoms with van der Waals surface area (Å²) in [5.74, 6) is 0.497. The van der Waals surface area contributed by atoms with E-state index in [-0.39, 0.29) is 6.04 Å². The molecule has 3 rings (SSSR count). The van der Waals surface area contributed by atoms with Gasteiger partial charge in [-0.25, -0.2) is 0 Å². The number of piperidine rings is 1. The lowest BCUT2D eigenvalue weighted by atomic mass is 9.91. The van der Waals surface area contributed by atoms with Crippen molar-refractivity contribution in [2.75, 3.05) is 19.6 Å². The highest BCUT2D eigenvalue weighted by Crippen LogP contribution is 2.27. The second-order valence-electron chi connectivity index (χ2n) is 5.86. The van der Waals surface area contributed by atoms with Gasteiger partial charge in [-0.05, 0) is 51.0 Å². The molecule has 2 aliphatic heterocycles. The molecule has 2 unspecified atom stereocenters. The fourth-order valence-corrected chi connectivity index (χ4v) is 4.68. The van der Waals surface area contributed by atoms with Gasteiger partial charge >= 0.3 is 0 Å². The Morgan fingerprint density at radius 2 is 1.94 bits per heavy atom. The van der Waals surface area contributed by atoms with Crippen LogP contribution >= 0.6 is 0 Å². The van der Waals surface area contributed by atoms with Gasteiger partial charge in [-0.2, -0.15) is 17.4 Å². The first-order valence-electron chi connectivity index (χ1n) is 7.16. The first-order chi connectivity index (χ1) is 8.65. The standard InChI is InChI=1S/C12H23N3O2S/c16-18(17,14-11-5-6-11)15-8-2-3-10(9-15)12-4-1-7-13-12/h10-14H,1-9H2. The molecular formula is C12H23N3O2S. The fraction of sp³-hybridized carbons (Fsp3) is 1.00. The van der Waals surface area contributed by atoms with Gasteiger partial charge < -0.3 is 5.32 Å². The summed E-state index contributed by atoms with van der Waals surface area (Å²) < 4.78 is 28.8. The van der Waals surface area contributed by atoms with Crippen LogP contribution in [0.5, 0.6) is 0 Å². The van der Waals surface area contributed by atoms with E-state index in [9.17, 15) is 8.42 Å². The monoisotopic (exact) mass is 273 g/mol. The predicted molar refractivity (Wildman–Crippen MR) is 70.4 cm³/mol. The fourth-order valence-electron chi connectivity index (χ4n) is 3.12. The quantitative estimate of drug-likeness (QED) is 0.782. The van der Waals surface area contributed by atoms with Crippen LogP contribution in [0.15, 0.2) is 0 Å². The zero-order valence-corrected chi connectivity index (χ0v) is 11.6. The van der Waals surface area contributed by atoms with Crippen LogP contribution in [0.4, 0.5) is 0 Å². The summed E-state index contributed by atoms with van der Waals surface area (Å²) in [5.41, 5.74) is 0. The average Bonchev–Trinajstić information content (AvgIpc) is 2.98. The Kier molecular flexibility index (Phi) is 3.62. The Morgan fingerprint density at radius 1 is 1.11 bits per heavy atom. The molecule has 0 aromatic carbocycles. The number of nitrogens with one attached hydrogen (secondary N) is 2. The largest absolute Gasteiger partial charge is 0.314 e. The third kappa shape index (κ3) is 2.87. The van der Waals surface area contributed by atoms with E-state index in [0.29, 0.717) is 25.0 Å². The minimum atomic E-state index is -3.23. The Balaban J connectivity index is 1.61. The van der Waals surface area contributed by atoms with Gasteiger partial charge in [0.1, 0.15) is 0 Å². The Hall–Kier alpha value is -0.170. The number of hydrogen-bond acceptors (Lipinski definition) is 3. The van der Waals surface area contributed by atoms with Crippen LogP contribution in [0.3, 0.4) is 0 Å². The molecule has 0 aromatic rings. The van der Waals surface area contributed by atoms with E-state index >= 15 is 0 Å². The van der Waals surface area contributed by atoms with Crippen molar-refractivity contribution in [3.63, 3.8) is 0 Å². The van der Waals surface area contributed by atoms with Crippen LogP contribution in [0.1, 0.15) is 38.5 Å². The van der Waals surface area contributed by atoms with Crippen LogP contribution in [-0.4, -0.2) is 44.4 Å². The van der Waals surface area contributed by atoms with Gasteiger partial charge in [0, 0.05) is 25.2 Å². The van der Waals surface area contributed by atoms with Gasteiger partial charge in [-0.3, -0.25) is 0 Å². The van der Waals surface area contributed by atoms with Gasteiger partial charge in [0.15, 0.2) is 0 Å². The van der Waals surface area contributed by atoms with E-state index in [1.165, 1.54) is 12.8 Å². The van der Waals surface area contributed by atoms with Crippen LogP contribution < -0.4 is 10.0 Å². The van der Waals surface area contributed by atoms with Crippen LogP contribution in [-0.2, 0) is 10.2 Å². The summed E-state index contributed by atoms with van der Waals surface area (Å²) in [7, 11) is -3.23. The summed E-state index contributed by atoms with van der Waals surface area (Å²) in [4.78, 5) is 0. The molecule has 18 heavy (non-hydrogen) atoms. The molecular weight excluding hydrogens is 250 g/mol. The maximum Gasteiger partial charge on any atom is 0.279 e. The van der Waals surface area contributed by atoms with Crippen LogP contribution in [0.25, 0.3) is 0 Å². The van der Waals surface area contributed by atoms with Crippen molar-refractivity contribution in [3.05, 3.63) is 0 Å². The van der Waals surface area contributed by atoms with E-state index in [1.807, 2.05) is 0 Å². The summed E-state index contributed by atoms with van der Waals surface area (Å²) in [6.45, 7) is 2.47. The lowest BCUT2D eigenvalue weighted by Crippen LogP contribution is -2.49. The van der Waals surface area contributed by atoms with Gasteiger partial charge in [-0.15, -0.1) is 0 Å².